The average Bonchev–Trinajstić information content (AvgIpc) is 3.28. The first-order valence-corrected chi connectivity index (χ1v) is 11.4. The van der Waals surface area contributed by atoms with Gasteiger partial charge in [0.25, 0.3) is 0 Å². The molecular formula is C24H28N6O2. The summed E-state index contributed by atoms with van der Waals surface area (Å²) in [6.45, 7) is 3.42. The lowest BCUT2D eigenvalue weighted by atomic mass is 9.85. The van der Waals surface area contributed by atoms with Gasteiger partial charge < -0.3 is 14.7 Å². The van der Waals surface area contributed by atoms with Crippen LogP contribution in [0.2, 0.25) is 0 Å². The zero-order valence-electron chi connectivity index (χ0n) is 18.3. The molecule has 1 saturated carbocycles. The third-order valence-electron chi connectivity index (χ3n) is 6.51. The number of hydrogen-bond donors (Lipinski definition) is 1. The highest BCUT2D eigenvalue weighted by molar-refractivity contribution is 5.80. The summed E-state index contributed by atoms with van der Waals surface area (Å²) in [5.74, 6) is 2.44. The lowest BCUT2D eigenvalue weighted by Crippen LogP contribution is -2.44. The van der Waals surface area contributed by atoms with Crippen LogP contribution in [0.4, 0.5) is 5.82 Å². The minimum absolute atomic E-state index is 0.0529. The van der Waals surface area contributed by atoms with Crippen molar-refractivity contribution in [1.29, 1.82) is 0 Å². The maximum atomic E-state index is 13.0. The number of carbonyl (C=O) groups excluding carboxylic acids is 1. The molecule has 8 nitrogen and oxygen atoms in total. The number of rotatable bonds is 6. The van der Waals surface area contributed by atoms with E-state index < -0.39 is 0 Å². The van der Waals surface area contributed by atoms with Crippen LogP contribution in [0.5, 0.6) is 0 Å². The first-order valence-electron chi connectivity index (χ1n) is 11.4. The summed E-state index contributed by atoms with van der Waals surface area (Å²) in [6, 6.07) is 9.48. The molecule has 0 unspecified atom stereocenters. The molecule has 2 aliphatic rings. The largest absolute Gasteiger partial charge is 0.355 e. The van der Waals surface area contributed by atoms with Crippen molar-refractivity contribution in [2.45, 2.75) is 51.0 Å². The van der Waals surface area contributed by atoms with Crippen LogP contribution in [-0.2, 0) is 4.79 Å². The van der Waals surface area contributed by atoms with Gasteiger partial charge in [0.15, 0.2) is 0 Å². The number of nitrogens with one attached hydrogen (secondary N) is 1. The van der Waals surface area contributed by atoms with Crippen molar-refractivity contribution >= 4 is 11.7 Å². The summed E-state index contributed by atoms with van der Waals surface area (Å²) in [7, 11) is 0. The van der Waals surface area contributed by atoms with Crippen LogP contribution in [0.25, 0.3) is 11.4 Å². The third kappa shape index (κ3) is 4.22. The molecule has 1 saturated heterocycles. The van der Waals surface area contributed by atoms with Gasteiger partial charge in [-0.15, -0.1) is 0 Å². The maximum absolute atomic E-state index is 13.0. The molecule has 0 radical (unpaired) electrons. The standard InChI is InChI=1S/C24H28N6O2/c1-16(20-11-2-3-12-25-20)27-23(31)18-9-6-14-30(15-18)22-19(10-5-13-26-22)21-28-24(32-29-21)17-7-4-8-17/h2-3,5,10-13,16-18H,4,6-9,14-15H2,1H3,(H,27,31)/t16-,18+/m1/s1. The molecule has 3 aromatic heterocycles. The Morgan fingerprint density at radius 2 is 2.00 bits per heavy atom. The summed E-state index contributed by atoms with van der Waals surface area (Å²) >= 11 is 0. The number of anilines is 1. The second-order valence-electron chi connectivity index (χ2n) is 8.73. The van der Waals surface area contributed by atoms with Gasteiger partial charge in [-0.2, -0.15) is 4.98 Å². The van der Waals surface area contributed by atoms with Crippen LogP contribution in [0.1, 0.15) is 62.6 Å². The molecule has 2 fully saturated rings. The minimum Gasteiger partial charge on any atom is -0.355 e. The Bertz CT molecular complexity index is 1070. The van der Waals surface area contributed by atoms with Gasteiger partial charge in [-0.1, -0.05) is 17.6 Å². The average molecular weight is 433 g/mol. The summed E-state index contributed by atoms with van der Waals surface area (Å²) in [4.78, 5) is 28.8. The molecule has 1 amide bonds. The predicted molar refractivity (Wildman–Crippen MR) is 120 cm³/mol. The minimum atomic E-state index is -0.131. The van der Waals surface area contributed by atoms with Gasteiger partial charge in [-0.25, -0.2) is 4.98 Å². The van der Waals surface area contributed by atoms with Crippen molar-refractivity contribution < 1.29 is 9.32 Å². The molecule has 1 aliphatic heterocycles. The van der Waals surface area contributed by atoms with E-state index in [2.05, 4.69) is 30.3 Å². The Labute approximate surface area is 187 Å². The summed E-state index contributed by atoms with van der Waals surface area (Å²) in [5.41, 5.74) is 1.71. The van der Waals surface area contributed by atoms with Crippen LogP contribution in [0.3, 0.4) is 0 Å². The molecule has 32 heavy (non-hydrogen) atoms. The van der Waals surface area contributed by atoms with E-state index in [4.69, 9.17) is 4.52 Å². The van der Waals surface area contributed by atoms with E-state index in [1.165, 1.54) is 6.42 Å². The topological polar surface area (TPSA) is 97.0 Å². The van der Waals surface area contributed by atoms with Gasteiger partial charge in [-0.3, -0.25) is 9.78 Å². The predicted octanol–water partition coefficient (Wildman–Crippen LogP) is 3.89. The molecule has 5 rings (SSSR count). The zero-order chi connectivity index (χ0) is 21.9. The highest BCUT2D eigenvalue weighted by Crippen LogP contribution is 2.37. The number of nitrogens with zero attached hydrogens (tertiary/aromatic N) is 5. The number of aromatic nitrogens is 4. The monoisotopic (exact) mass is 432 g/mol. The molecule has 1 aliphatic carbocycles. The van der Waals surface area contributed by atoms with Gasteiger partial charge in [0, 0.05) is 31.4 Å². The van der Waals surface area contributed by atoms with E-state index in [0.717, 1.165) is 55.2 Å². The summed E-state index contributed by atoms with van der Waals surface area (Å²) < 4.78 is 5.53. The van der Waals surface area contributed by atoms with Gasteiger partial charge in [-0.05, 0) is 56.9 Å². The normalized spacial score (nSPS) is 19.9. The molecule has 4 heterocycles. The Kier molecular flexibility index (Phi) is 5.83. The summed E-state index contributed by atoms with van der Waals surface area (Å²) in [6.07, 6.45) is 8.74. The molecule has 0 bridgehead atoms. The molecule has 166 valence electrons. The van der Waals surface area contributed by atoms with Crippen molar-refractivity contribution in [3.63, 3.8) is 0 Å². The van der Waals surface area contributed by atoms with Crippen LogP contribution >= 0.6 is 0 Å². The van der Waals surface area contributed by atoms with E-state index in [1.807, 2.05) is 37.3 Å². The smallest absolute Gasteiger partial charge is 0.230 e. The van der Waals surface area contributed by atoms with E-state index in [0.29, 0.717) is 18.3 Å². The quantitative estimate of drug-likeness (QED) is 0.631. The highest BCUT2D eigenvalue weighted by Gasteiger charge is 2.30. The molecule has 8 heteroatoms. The van der Waals surface area contributed by atoms with E-state index in [9.17, 15) is 4.79 Å². The Balaban J connectivity index is 1.30. The number of piperidine rings is 1. The first-order chi connectivity index (χ1) is 15.7. The summed E-state index contributed by atoms with van der Waals surface area (Å²) in [5, 5.41) is 7.36. The fraction of sp³-hybridized carbons (Fsp3) is 0.458. The SMILES string of the molecule is C[C@@H](NC(=O)[C@H]1CCCN(c2ncccc2-c2noc(C3CCC3)n2)C1)c1ccccn1. The molecule has 1 N–H and O–H groups in total. The Morgan fingerprint density at radius 3 is 2.78 bits per heavy atom. The number of amides is 1. The van der Waals surface area contributed by atoms with Crippen LogP contribution in [-0.4, -0.2) is 39.1 Å². The number of hydrogen-bond acceptors (Lipinski definition) is 7. The van der Waals surface area contributed by atoms with Crippen molar-refractivity contribution in [1.82, 2.24) is 25.4 Å². The van der Waals surface area contributed by atoms with Crippen LogP contribution in [0.15, 0.2) is 47.2 Å². The molecule has 2 atom stereocenters. The van der Waals surface area contributed by atoms with Crippen molar-refractivity contribution in [2.24, 2.45) is 5.92 Å². The van der Waals surface area contributed by atoms with Crippen LogP contribution < -0.4 is 10.2 Å². The van der Waals surface area contributed by atoms with Gasteiger partial charge in [0.05, 0.1) is 23.2 Å². The van der Waals surface area contributed by atoms with Gasteiger partial charge in [0.1, 0.15) is 5.82 Å². The third-order valence-corrected chi connectivity index (χ3v) is 6.51. The van der Waals surface area contributed by atoms with E-state index in [1.54, 1.807) is 12.4 Å². The second kappa shape index (κ2) is 9.06. The van der Waals surface area contributed by atoms with Crippen molar-refractivity contribution in [3.05, 3.63) is 54.3 Å². The fourth-order valence-electron chi connectivity index (χ4n) is 4.41. The van der Waals surface area contributed by atoms with Crippen molar-refractivity contribution in [3.8, 4) is 11.4 Å². The zero-order valence-corrected chi connectivity index (χ0v) is 18.3. The molecule has 3 aromatic rings. The van der Waals surface area contributed by atoms with Crippen molar-refractivity contribution in [2.75, 3.05) is 18.0 Å². The number of carbonyl (C=O) groups is 1. The second-order valence-corrected chi connectivity index (χ2v) is 8.73. The highest BCUT2D eigenvalue weighted by atomic mass is 16.5. The number of pyridine rings is 2. The Hall–Kier alpha value is -3.29. The first kappa shape index (κ1) is 20.6. The maximum Gasteiger partial charge on any atom is 0.230 e. The van der Waals surface area contributed by atoms with E-state index >= 15 is 0 Å². The molecular weight excluding hydrogens is 404 g/mol. The Morgan fingerprint density at radius 1 is 1.12 bits per heavy atom. The lowest BCUT2D eigenvalue weighted by Gasteiger charge is -2.34. The fourth-order valence-corrected chi connectivity index (χ4v) is 4.41. The van der Waals surface area contributed by atoms with Crippen LogP contribution in [0, 0.1) is 5.92 Å². The van der Waals surface area contributed by atoms with E-state index in [-0.39, 0.29) is 17.9 Å². The lowest BCUT2D eigenvalue weighted by molar-refractivity contribution is -0.125. The molecule has 0 aromatic carbocycles. The van der Waals surface area contributed by atoms with Gasteiger partial charge >= 0.3 is 0 Å². The molecule has 0 spiro atoms. The van der Waals surface area contributed by atoms with Gasteiger partial charge in [0.2, 0.25) is 17.6 Å².